The lowest BCUT2D eigenvalue weighted by molar-refractivity contribution is -0.142. The summed E-state index contributed by atoms with van der Waals surface area (Å²) >= 11 is 0. The van der Waals surface area contributed by atoms with E-state index in [1.54, 1.807) is 6.07 Å². The summed E-state index contributed by atoms with van der Waals surface area (Å²) in [5, 5.41) is 12.2. The molecule has 7 nitrogen and oxygen atoms in total. The van der Waals surface area contributed by atoms with Gasteiger partial charge in [-0.05, 0) is 17.9 Å². The highest BCUT2D eigenvalue weighted by Gasteiger charge is 2.24. The highest BCUT2D eigenvalue weighted by molar-refractivity contribution is 5.85. The van der Waals surface area contributed by atoms with Gasteiger partial charge in [-0.15, -0.1) is 0 Å². The van der Waals surface area contributed by atoms with Gasteiger partial charge in [0.25, 0.3) is 0 Å². The van der Waals surface area contributed by atoms with Crippen LogP contribution >= 0.6 is 0 Å². The number of nitrogens with one attached hydrogen (secondary N) is 1. The molecule has 0 aliphatic carbocycles. The Hall–Kier alpha value is -2.18. The third-order valence-electron chi connectivity index (χ3n) is 2.76. The topological polar surface area (TPSA) is 101 Å². The van der Waals surface area contributed by atoms with E-state index in [2.05, 4.69) is 20.0 Å². The number of carboxylic acids is 1. The zero-order valence-corrected chi connectivity index (χ0v) is 12.7. The molecule has 0 saturated heterocycles. The molecule has 0 aliphatic heterocycles. The van der Waals surface area contributed by atoms with Crippen molar-refractivity contribution in [3.05, 3.63) is 18.1 Å². The van der Waals surface area contributed by atoms with Gasteiger partial charge in [0, 0.05) is 12.7 Å². The SMILES string of the molecule is COC(=O)c1nccc(NCC(CC(C)(C)C)C(=O)O)n1. The average molecular weight is 295 g/mol. The Morgan fingerprint density at radius 3 is 2.62 bits per heavy atom. The Labute approximate surface area is 123 Å². The number of aliphatic carboxylic acids is 1. The molecule has 0 bridgehead atoms. The standard InChI is InChI=1S/C14H21N3O4/c1-14(2,3)7-9(12(18)19)8-16-10-5-6-15-11(17-10)13(20)21-4/h5-6,9H,7-8H2,1-4H3,(H,18,19)(H,15,16,17). The number of rotatable bonds is 6. The van der Waals surface area contributed by atoms with Crippen LogP contribution < -0.4 is 5.32 Å². The molecule has 116 valence electrons. The van der Waals surface area contributed by atoms with Crippen molar-refractivity contribution in [2.75, 3.05) is 19.0 Å². The van der Waals surface area contributed by atoms with Crippen molar-refractivity contribution < 1.29 is 19.4 Å². The number of esters is 1. The van der Waals surface area contributed by atoms with Crippen molar-refractivity contribution in [3.63, 3.8) is 0 Å². The first-order valence-electron chi connectivity index (χ1n) is 6.61. The maximum absolute atomic E-state index is 11.3. The van der Waals surface area contributed by atoms with Gasteiger partial charge in [-0.25, -0.2) is 14.8 Å². The second kappa shape index (κ2) is 7.01. The van der Waals surface area contributed by atoms with Crippen molar-refractivity contribution >= 4 is 17.8 Å². The Morgan fingerprint density at radius 2 is 2.10 bits per heavy atom. The largest absolute Gasteiger partial charge is 0.481 e. The van der Waals surface area contributed by atoms with E-state index >= 15 is 0 Å². The van der Waals surface area contributed by atoms with E-state index in [-0.39, 0.29) is 17.8 Å². The maximum atomic E-state index is 11.3. The molecule has 1 heterocycles. The molecular formula is C14H21N3O4. The third-order valence-corrected chi connectivity index (χ3v) is 2.76. The number of carbonyl (C=O) groups excluding carboxylic acids is 1. The fourth-order valence-electron chi connectivity index (χ4n) is 1.86. The summed E-state index contributed by atoms with van der Waals surface area (Å²) in [4.78, 5) is 30.4. The minimum Gasteiger partial charge on any atom is -0.481 e. The maximum Gasteiger partial charge on any atom is 0.376 e. The molecule has 1 aromatic heterocycles. The van der Waals surface area contributed by atoms with E-state index in [1.807, 2.05) is 20.8 Å². The molecule has 0 radical (unpaired) electrons. The summed E-state index contributed by atoms with van der Waals surface area (Å²) in [6.07, 6.45) is 1.95. The monoisotopic (exact) mass is 295 g/mol. The van der Waals surface area contributed by atoms with Gasteiger partial charge in [-0.3, -0.25) is 4.79 Å². The van der Waals surface area contributed by atoms with Gasteiger partial charge in [0.15, 0.2) is 0 Å². The quantitative estimate of drug-likeness (QED) is 0.772. The normalized spacial score (nSPS) is 12.6. The summed E-state index contributed by atoms with van der Waals surface area (Å²) in [5.74, 6) is -1.71. The minimum atomic E-state index is -0.861. The molecule has 2 N–H and O–H groups in total. The zero-order chi connectivity index (χ0) is 16.0. The van der Waals surface area contributed by atoms with Crippen molar-refractivity contribution in [2.24, 2.45) is 11.3 Å². The first kappa shape index (κ1) is 16.9. The van der Waals surface area contributed by atoms with Crippen molar-refractivity contribution in [1.82, 2.24) is 9.97 Å². The lowest BCUT2D eigenvalue weighted by atomic mass is 9.84. The summed E-state index contributed by atoms with van der Waals surface area (Å²) in [5.41, 5.74) is -0.0897. The first-order valence-corrected chi connectivity index (χ1v) is 6.61. The van der Waals surface area contributed by atoms with Gasteiger partial charge in [0.2, 0.25) is 5.82 Å². The summed E-state index contributed by atoms with van der Waals surface area (Å²) < 4.78 is 4.54. The van der Waals surface area contributed by atoms with E-state index in [9.17, 15) is 14.7 Å². The Kier molecular flexibility index (Phi) is 5.63. The van der Waals surface area contributed by atoms with E-state index in [1.165, 1.54) is 13.3 Å². The number of hydrogen-bond acceptors (Lipinski definition) is 6. The van der Waals surface area contributed by atoms with Gasteiger partial charge in [-0.1, -0.05) is 20.8 Å². The number of anilines is 1. The van der Waals surface area contributed by atoms with Gasteiger partial charge in [0.05, 0.1) is 13.0 Å². The van der Waals surface area contributed by atoms with E-state index < -0.39 is 17.9 Å². The Bertz CT molecular complexity index is 511. The molecule has 0 aromatic carbocycles. The second-order valence-corrected chi connectivity index (χ2v) is 5.94. The van der Waals surface area contributed by atoms with Gasteiger partial charge in [-0.2, -0.15) is 0 Å². The average Bonchev–Trinajstić information content (AvgIpc) is 2.41. The van der Waals surface area contributed by atoms with Crippen LogP contribution in [0.25, 0.3) is 0 Å². The van der Waals surface area contributed by atoms with Crippen LogP contribution in [0.3, 0.4) is 0 Å². The van der Waals surface area contributed by atoms with Crippen molar-refractivity contribution in [2.45, 2.75) is 27.2 Å². The number of carboxylic acid groups (broad SMARTS) is 1. The van der Waals surface area contributed by atoms with Gasteiger partial charge < -0.3 is 15.2 Å². The Balaban J connectivity index is 2.72. The molecule has 7 heteroatoms. The van der Waals surface area contributed by atoms with Crippen LogP contribution in [0.4, 0.5) is 5.82 Å². The first-order chi connectivity index (χ1) is 9.73. The third kappa shape index (κ3) is 5.76. The number of nitrogens with zero attached hydrogens (tertiary/aromatic N) is 2. The smallest absolute Gasteiger partial charge is 0.376 e. The number of hydrogen-bond donors (Lipinski definition) is 2. The summed E-state index contributed by atoms with van der Waals surface area (Å²) in [7, 11) is 1.25. The van der Waals surface area contributed by atoms with Crippen LogP contribution in [0.2, 0.25) is 0 Å². The lowest BCUT2D eigenvalue weighted by Crippen LogP contribution is -2.27. The Morgan fingerprint density at radius 1 is 1.43 bits per heavy atom. The van der Waals surface area contributed by atoms with E-state index in [4.69, 9.17) is 0 Å². The number of carbonyl (C=O) groups is 2. The lowest BCUT2D eigenvalue weighted by Gasteiger charge is -2.23. The molecule has 1 aromatic rings. The number of ether oxygens (including phenoxy) is 1. The summed E-state index contributed by atoms with van der Waals surface area (Å²) in [6.45, 7) is 6.19. The van der Waals surface area contributed by atoms with E-state index in [0.29, 0.717) is 12.2 Å². The molecule has 1 rings (SSSR count). The van der Waals surface area contributed by atoms with Crippen LogP contribution in [0.5, 0.6) is 0 Å². The highest BCUT2D eigenvalue weighted by atomic mass is 16.5. The molecule has 21 heavy (non-hydrogen) atoms. The minimum absolute atomic E-state index is 0.0646. The molecule has 0 amide bonds. The zero-order valence-electron chi connectivity index (χ0n) is 12.7. The van der Waals surface area contributed by atoms with Crippen molar-refractivity contribution in [1.29, 1.82) is 0 Å². The molecule has 0 spiro atoms. The molecular weight excluding hydrogens is 274 g/mol. The van der Waals surface area contributed by atoms with Crippen LogP contribution in [0.1, 0.15) is 37.8 Å². The van der Waals surface area contributed by atoms with Crippen LogP contribution in [-0.2, 0) is 9.53 Å². The predicted octanol–water partition coefficient (Wildman–Crippen LogP) is 1.81. The van der Waals surface area contributed by atoms with E-state index in [0.717, 1.165) is 0 Å². The number of methoxy groups -OCH3 is 1. The highest BCUT2D eigenvalue weighted by Crippen LogP contribution is 2.24. The van der Waals surface area contributed by atoms with Crippen LogP contribution in [-0.4, -0.2) is 40.7 Å². The predicted molar refractivity (Wildman–Crippen MR) is 77.1 cm³/mol. The molecule has 0 saturated carbocycles. The molecule has 1 unspecified atom stereocenters. The van der Waals surface area contributed by atoms with Crippen LogP contribution in [0.15, 0.2) is 12.3 Å². The van der Waals surface area contributed by atoms with Gasteiger partial charge in [0.1, 0.15) is 5.82 Å². The van der Waals surface area contributed by atoms with Crippen LogP contribution in [0, 0.1) is 11.3 Å². The van der Waals surface area contributed by atoms with Crippen molar-refractivity contribution in [3.8, 4) is 0 Å². The molecule has 0 aliphatic rings. The summed E-state index contributed by atoms with van der Waals surface area (Å²) in [6, 6.07) is 1.57. The fourth-order valence-corrected chi connectivity index (χ4v) is 1.86. The molecule has 0 fully saturated rings. The van der Waals surface area contributed by atoms with Gasteiger partial charge >= 0.3 is 11.9 Å². The fraction of sp³-hybridized carbons (Fsp3) is 0.571. The number of aromatic nitrogens is 2. The molecule has 1 atom stereocenters. The second-order valence-electron chi connectivity index (χ2n) is 5.94.